The molecular weight excluding hydrogens is 188 g/mol. The molecule has 88 valence electrons. The third-order valence-corrected chi connectivity index (χ3v) is 3.82. The van der Waals surface area contributed by atoms with E-state index in [4.69, 9.17) is 9.47 Å². The van der Waals surface area contributed by atoms with Crippen molar-refractivity contribution < 1.29 is 9.47 Å². The number of rotatable bonds is 8. The standard InChI is InChI=1S/C13H24O2/c1-2-13(10-15-11-13)9-14-8-4-3-5-12-6-7-12/h12H,2-11H2,1H3. The molecule has 0 N–H and O–H groups in total. The van der Waals surface area contributed by atoms with E-state index < -0.39 is 0 Å². The second-order valence-electron chi connectivity index (χ2n) is 5.34. The smallest absolute Gasteiger partial charge is 0.0566 e. The van der Waals surface area contributed by atoms with Gasteiger partial charge in [0.2, 0.25) is 0 Å². The van der Waals surface area contributed by atoms with Crippen molar-refractivity contribution in [2.75, 3.05) is 26.4 Å². The minimum atomic E-state index is 0.372. The Morgan fingerprint density at radius 1 is 1.27 bits per heavy atom. The lowest BCUT2D eigenvalue weighted by Crippen LogP contribution is -2.45. The molecule has 0 atom stereocenters. The molecule has 1 saturated heterocycles. The first-order valence-electron chi connectivity index (χ1n) is 6.50. The molecule has 0 aromatic heterocycles. The van der Waals surface area contributed by atoms with Gasteiger partial charge in [-0.25, -0.2) is 0 Å². The van der Waals surface area contributed by atoms with E-state index in [1.807, 2.05) is 0 Å². The van der Waals surface area contributed by atoms with E-state index in [1.165, 1.54) is 38.5 Å². The Kier molecular flexibility index (Phi) is 4.04. The molecule has 0 radical (unpaired) electrons. The van der Waals surface area contributed by atoms with Crippen molar-refractivity contribution in [1.29, 1.82) is 0 Å². The number of ether oxygens (including phenoxy) is 2. The maximum Gasteiger partial charge on any atom is 0.0566 e. The quantitative estimate of drug-likeness (QED) is 0.576. The monoisotopic (exact) mass is 212 g/mol. The molecule has 1 saturated carbocycles. The summed E-state index contributed by atoms with van der Waals surface area (Å²) < 4.78 is 11.0. The van der Waals surface area contributed by atoms with Gasteiger partial charge in [0.1, 0.15) is 0 Å². The summed E-state index contributed by atoms with van der Waals surface area (Å²) in [7, 11) is 0. The molecule has 0 bridgehead atoms. The van der Waals surface area contributed by atoms with Gasteiger partial charge in [-0.2, -0.15) is 0 Å². The Morgan fingerprint density at radius 3 is 2.60 bits per heavy atom. The van der Waals surface area contributed by atoms with Gasteiger partial charge in [-0.1, -0.05) is 32.6 Å². The van der Waals surface area contributed by atoms with Crippen LogP contribution in [0.1, 0.15) is 45.4 Å². The van der Waals surface area contributed by atoms with Gasteiger partial charge >= 0.3 is 0 Å². The van der Waals surface area contributed by atoms with Crippen LogP contribution in [0.4, 0.5) is 0 Å². The van der Waals surface area contributed by atoms with E-state index in [0.717, 1.165) is 32.3 Å². The zero-order valence-electron chi connectivity index (χ0n) is 9.96. The minimum absolute atomic E-state index is 0.372. The summed E-state index contributed by atoms with van der Waals surface area (Å²) >= 11 is 0. The van der Waals surface area contributed by atoms with Gasteiger partial charge in [-0.15, -0.1) is 0 Å². The SMILES string of the molecule is CCC1(COCCCCC2CC2)COC1. The van der Waals surface area contributed by atoms with E-state index in [1.54, 1.807) is 0 Å². The predicted molar refractivity (Wildman–Crippen MR) is 60.9 cm³/mol. The van der Waals surface area contributed by atoms with Gasteiger partial charge in [-0.3, -0.25) is 0 Å². The molecule has 2 heteroatoms. The van der Waals surface area contributed by atoms with Crippen LogP contribution < -0.4 is 0 Å². The van der Waals surface area contributed by atoms with Crippen molar-refractivity contribution >= 4 is 0 Å². The van der Waals surface area contributed by atoms with Crippen LogP contribution in [-0.4, -0.2) is 26.4 Å². The molecular formula is C13H24O2. The lowest BCUT2D eigenvalue weighted by atomic mass is 9.84. The molecule has 0 spiro atoms. The van der Waals surface area contributed by atoms with Crippen molar-refractivity contribution in [1.82, 2.24) is 0 Å². The maximum atomic E-state index is 5.75. The highest BCUT2D eigenvalue weighted by Gasteiger charge is 2.36. The van der Waals surface area contributed by atoms with Crippen LogP contribution in [0.3, 0.4) is 0 Å². The molecule has 1 aliphatic heterocycles. The average molecular weight is 212 g/mol. The summed E-state index contributed by atoms with van der Waals surface area (Å²) in [5, 5.41) is 0. The Labute approximate surface area is 93.3 Å². The lowest BCUT2D eigenvalue weighted by Gasteiger charge is -2.40. The third-order valence-electron chi connectivity index (χ3n) is 3.82. The number of hydrogen-bond donors (Lipinski definition) is 0. The van der Waals surface area contributed by atoms with Crippen molar-refractivity contribution in [2.24, 2.45) is 11.3 Å². The topological polar surface area (TPSA) is 18.5 Å². The zero-order valence-corrected chi connectivity index (χ0v) is 9.96. The molecule has 1 heterocycles. The summed E-state index contributed by atoms with van der Waals surface area (Å²) in [6.45, 7) is 5.91. The highest BCUT2D eigenvalue weighted by molar-refractivity contribution is 4.83. The second kappa shape index (κ2) is 5.31. The summed E-state index contributed by atoms with van der Waals surface area (Å²) in [6.07, 6.45) is 8.20. The van der Waals surface area contributed by atoms with Crippen molar-refractivity contribution in [3.8, 4) is 0 Å². The van der Waals surface area contributed by atoms with Gasteiger partial charge in [0.15, 0.2) is 0 Å². The maximum absolute atomic E-state index is 5.75. The molecule has 0 aromatic rings. The molecule has 0 amide bonds. The molecule has 2 nitrogen and oxygen atoms in total. The first kappa shape index (κ1) is 11.4. The molecule has 1 aliphatic carbocycles. The highest BCUT2D eigenvalue weighted by atomic mass is 16.5. The summed E-state index contributed by atoms with van der Waals surface area (Å²) in [5.41, 5.74) is 0.372. The van der Waals surface area contributed by atoms with Gasteiger partial charge in [-0.05, 0) is 18.8 Å². The lowest BCUT2D eigenvalue weighted by molar-refractivity contribution is -0.150. The van der Waals surface area contributed by atoms with Crippen LogP contribution >= 0.6 is 0 Å². The number of unbranched alkanes of at least 4 members (excludes halogenated alkanes) is 1. The normalized spacial score (nSPS) is 23.8. The van der Waals surface area contributed by atoms with Crippen LogP contribution in [0.5, 0.6) is 0 Å². The van der Waals surface area contributed by atoms with Crippen molar-refractivity contribution in [3.05, 3.63) is 0 Å². The van der Waals surface area contributed by atoms with E-state index in [0.29, 0.717) is 5.41 Å². The first-order valence-corrected chi connectivity index (χ1v) is 6.50. The predicted octanol–water partition coefficient (Wildman–Crippen LogP) is 3.01. The minimum Gasteiger partial charge on any atom is -0.381 e. The molecule has 2 aliphatic rings. The second-order valence-corrected chi connectivity index (χ2v) is 5.34. The Hall–Kier alpha value is -0.0800. The first-order chi connectivity index (χ1) is 7.35. The van der Waals surface area contributed by atoms with Crippen LogP contribution in [0, 0.1) is 11.3 Å². The van der Waals surface area contributed by atoms with Crippen molar-refractivity contribution in [2.45, 2.75) is 45.4 Å². The average Bonchev–Trinajstić information content (AvgIpc) is 2.98. The zero-order chi connectivity index (χ0) is 10.6. The Balaban J connectivity index is 1.43. The van der Waals surface area contributed by atoms with Crippen LogP contribution in [-0.2, 0) is 9.47 Å². The van der Waals surface area contributed by atoms with E-state index in [9.17, 15) is 0 Å². The molecule has 0 aromatic carbocycles. The fourth-order valence-corrected chi connectivity index (χ4v) is 2.11. The van der Waals surface area contributed by atoms with Crippen LogP contribution in [0.15, 0.2) is 0 Å². The molecule has 2 fully saturated rings. The van der Waals surface area contributed by atoms with Gasteiger partial charge in [0.05, 0.1) is 19.8 Å². The Morgan fingerprint density at radius 2 is 2.07 bits per heavy atom. The summed E-state index contributed by atoms with van der Waals surface area (Å²) in [5.74, 6) is 1.08. The summed E-state index contributed by atoms with van der Waals surface area (Å²) in [6, 6.07) is 0. The number of hydrogen-bond acceptors (Lipinski definition) is 2. The van der Waals surface area contributed by atoms with Gasteiger partial charge < -0.3 is 9.47 Å². The Bertz CT molecular complexity index is 177. The summed E-state index contributed by atoms with van der Waals surface area (Å²) in [4.78, 5) is 0. The van der Waals surface area contributed by atoms with Crippen LogP contribution in [0.25, 0.3) is 0 Å². The van der Waals surface area contributed by atoms with Crippen molar-refractivity contribution in [3.63, 3.8) is 0 Å². The van der Waals surface area contributed by atoms with Gasteiger partial charge in [0, 0.05) is 12.0 Å². The molecule has 0 unspecified atom stereocenters. The molecule has 15 heavy (non-hydrogen) atoms. The van der Waals surface area contributed by atoms with Crippen LogP contribution in [0.2, 0.25) is 0 Å². The van der Waals surface area contributed by atoms with E-state index in [-0.39, 0.29) is 0 Å². The highest BCUT2D eigenvalue weighted by Crippen LogP contribution is 2.34. The molecule has 2 rings (SSSR count). The fourth-order valence-electron chi connectivity index (χ4n) is 2.11. The van der Waals surface area contributed by atoms with Gasteiger partial charge in [0.25, 0.3) is 0 Å². The third kappa shape index (κ3) is 3.46. The van der Waals surface area contributed by atoms with E-state index in [2.05, 4.69) is 6.92 Å². The largest absolute Gasteiger partial charge is 0.381 e. The fraction of sp³-hybridized carbons (Fsp3) is 1.00. The van der Waals surface area contributed by atoms with E-state index >= 15 is 0 Å².